The van der Waals surface area contributed by atoms with Crippen LogP contribution in [0.1, 0.15) is 5.56 Å². The molecular formula is C15H13BrFN3O2S. The van der Waals surface area contributed by atoms with Crippen molar-refractivity contribution in [1.82, 2.24) is 5.43 Å². The van der Waals surface area contributed by atoms with Crippen molar-refractivity contribution in [2.75, 3.05) is 12.4 Å². The van der Waals surface area contributed by atoms with Crippen LogP contribution in [0, 0.1) is 5.82 Å². The molecule has 0 amide bonds. The minimum absolute atomic E-state index is 0.00866. The van der Waals surface area contributed by atoms with E-state index in [1.165, 1.54) is 19.4 Å². The molecule has 2 rings (SSSR count). The molecule has 0 saturated carbocycles. The van der Waals surface area contributed by atoms with Gasteiger partial charge in [-0.05, 0) is 58.0 Å². The fraction of sp³-hybridized carbons (Fsp3) is 0.0667. The van der Waals surface area contributed by atoms with E-state index in [1.54, 1.807) is 30.3 Å². The van der Waals surface area contributed by atoms with Crippen LogP contribution >= 0.6 is 28.1 Å². The van der Waals surface area contributed by atoms with Crippen LogP contribution < -0.4 is 15.5 Å². The lowest BCUT2D eigenvalue weighted by molar-refractivity contribution is 0.372. The average Bonchev–Trinajstić information content (AvgIpc) is 2.53. The molecule has 0 spiro atoms. The summed E-state index contributed by atoms with van der Waals surface area (Å²) in [5.74, 6) is -0.0879. The number of ether oxygens (including phenoxy) is 1. The first kappa shape index (κ1) is 17.2. The molecule has 2 aromatic rings. The number of phenolic OH excluding ortho intramolecular Hbond substituents is 1. The van der Waals surface area contributed by atoms with Gasteiger partial charge in [-0.25, -0.2) is 4.39 Å². The van der Waals surface area contributed by atoms with Crippen LogP contribution in [0.3, 0.4) is 0 Å². The number of para-hydroxylation sites is 1. The third-order valence-corrected chi connectivity index (χ3v) is 3.57. The standard InChI is InChI=1S/C15H13BrFN3O2S/c1-22-13-7-9(6-10(16)14(13)21)8-18-20-15(23)19-12-5-3-2-4-11(12)17/h2-8,21H,1H3,(H2,19,20,23)/b18-8+. The highest BCUT2D eigenvalue weighted by atomic mass is 79.9. The lowest BCUT2D eigenvalue weighted by atomic mass is 10.2. The Balaban J connectivity index is 2.00. The van der Waals surface area contributed by atoms with E-state index >= 15 is 0 Å². The summed E-state index contributed by atoms with van der Waals surface area (Å²) >= 11 is 8.25. The molecule has 2 aromatic carbocycles. The van der Waals surface area contributed by atoms with E-state index in [0.717, 1.165) is 0 Å². The second-order valence-electron chi connectivity index (χ2n) is 4.36. The van der Waals surface area contributed by atoms with Gasteiger partial charge in [0.15, 0.2) is 16.6 Å². The van der Waals surface area contributed by atoms with Crippen molar-refractivity contribution in [3.8, 4) is 11.5 Å². The van der Waals surface area contributed by atoms with Gasteiger partial charge < -0.3 is 15.2 Å². The largest absolute Gasteiger partial charge is 0.503 e. The number of anilines is 1. The van der Waals surface area contributed by atoms with Crippen molar-refractivity contribution in [2.24, 2.45) is 5.10 Å². The first-order chi connectivity index (χ1) is 11.0. The van der Waals surface area contributed by atoms with Crippen LogP contribution in [0.2, 0.25) is 0 Å². The SMILES string of the molecule is COc1cc(/C=N/NC(=S)Nc2ccccc2F)cc(Br)c1O. The lowest BCUT2D eigenvalue weighted by Crippen LogP contribution is -2.24. The number of nitrogens with one attached hydrogen (secondary N) is 2. The number of rotatable bonds is 4. The molecule has 5 nitrogen and oxygen atoms in total. The Hall–Kier alpha value is -2.19. The number of halogens is 2. The predicted octanol–water partition coefficient (Wildman–Crippen LogP) is 3.62. The first-order valence-corrected chi connectivity index (χ1v) is 7.62. The van der Waals surface area contributed by atoms with Crippen molar-refractivity contribution in [3.05, 3.63) is 52.3 Å². The van der Waals surface area contributed by atoms with Crippen molar-refractivity contribution >= 4 is 45.2 Å². The molecule has 0 aliphatic carbocycles. The number of hydrazone groups is 1. The van der Waals surface area contributed by atoms with Gasteiger partial charge in [-0.15, -0.1) is 0 Å². The van der Waals surface area contributed by atoms with E-state index in [1.807, 2.05) is 0 Å². The monoisotopic (exact) mass is 397 g/mol. The zero-order valence-corrected chi connectivity index (χ0v) is 14.4. The minimum atomic E-state index is -0.409. The molecule has 0 aromatic heterocycles. The predicted molar refractivity (Wildman–Crippen MR) is 95.7 cm³/mol. The smallest absolute Gasteiger partial charge is 0.191 e. The Morgan fingerprint density at radius 1 is 1.39 bits per heavy atom. The molecule has 0 unspecified atom stereocenters. The van der Waals surface area contributed by atoms with Crippen LogP contribution in [0.4, 0.5) is 10.1 Å². The van der Waals surface area contributed by atoms with Crippen LogP contribution in [-0.2, 0) is 0 Å². The summed E-state index contributed by atoms with van der Waals surface area (Å²) in [6.07, 6.45) is 1.49. The van der Waals surface area contributed by atoms with Gasteiger partial charge in [0.25, 0.3) is 0 Å². The fourth-order valence-corrected chi connectivity index (χ4v) is 2.32. The molecule has 0 fully saturated rings. The Labute approximate surface area is 146 Å². The second-order valence-corrected chi connectivity index (χ2v) is 5.62. The van der Waals surface area contributed by atoms with Crippen LogP contribution in [0.5, 0.6) is 11.5 Å². The van der Waals surface area contributed by atoms with Gasteiger partial charge in [0, 0.05) is 0 Å². The summed E-state index contributed by atoms with van der Waals surface area (Å²) in [5, 5.41) is 16.5. The fourth-order valence-electron chi connectivity index (χ4n) is 1.70. The summed E-state index contributed by atoms with van der Waals surface area (Å²) < 4.78 is 19.0. The number of benzene rings is 2. The minimum Gasteiger partial charge on any atom is -0.503 e. The van der Waals surface area contributed by atoms with E-state index in [0.29, 0.717) is 15.8 Å². The number of hydrogen-bond acceptors (Lipinski definition) is 4. The Kier molecular flexibility index (Phi) is 5.89. The van der Waals surface area contributed by atoms with E-state index in [9.17, 15) is 9.50 Å². The molecule has 8 heteroatoms. The zero-order valence-electron chi connectivity index (χ0n) is 12.0. The van der Waals surface area contributed by atoms with Crippen LogP contribution in [0.25, 0.3) is 0 Å². The quantitative estimate of drug-likeness (QED) is 0.417. The molecule has 0 aliphatic rings. The van der Waals surface area contributed by atoms with Crippen molar-refractivity contribution < 1.29 is 14.2 Å². The summed E-state index contributed by atoms with van der Waals surface area (Å²) in [5.41, 5.74) is 3.52. The van der Waals surface area contributed by atoms with E-state index in [2.05, 4.69) is 31.8 Å². The third-order valence-electron chi connectivity index (χ3n) is 2.77. The molecule has 120 valence electrons. The van der Waals surface area contributed by atoms with Crippen LogP contribution in [0.15, 0.2) is 46.0 Å². The third kappa shape index (κ3) is 4.64. The number of hydrogen-bond donors (Lipinski definition) is 3. The summed E-state index contributed by atoms with van der Waals surface area (Å²) in [6.45, 7) is 0. The van der Waals surface area contributed by atoms with E-state index in [-0.39, 0.29) is 16.5 Å². The van der Waals surface area contributed by atoms with Gasteiger partial charge in [0.05, 0.1) is 23.5 Å². The summed E-state index contributed by atoms with van der Waals surface area (Å²) in [4.78, 5) is 0. The molecule has 0 radical (unpaired) electrons. The Bertz CT molecular complexity index is 755. The Morgan fingerprint density at radius 2 is 2.13 bits per heavy atom. The van der Waals surface area contributed by atoms with Crippen molar-refractivity contribution in [2.45, 2.75) is 0 Å². The first-order valence-electron chi connectivity index (χ1n) is 6.42. The highest BCUT2D eigenvalue weighted by Crippen LogP contribution is 2.34. The maximum absolute atomic E-state index is 13.5. The number of phenols is 1. The maximum atomic E-state index is 13.5. The average molecular weight is 398 g/mol. The van der Waals surface area contributed by atoms with Gasteiger partial charge >= 0.3 is 0 Å². The maximum Gasteiger partial charge on any atom is 0.191 e. The number of aromatic hydroxyl groups is 1. The lowest BCUT2D eigenvalue weighted by Gasteiger charge is -2.08. The number of thiocarbonyl (C=S) groups is 1. The van der Waals surface area contributed by atoms with Gasteiger partial charge in [0.1, 0.15) is 5.82 Å². The second kappa shape index (κ2) is 7.89. The molecule has 0 heterocycles. The topological polar surface area (TPSA) is 65.9 Å². The molecule has 0 bridgehead atoms. The normalized spacial score (nSPS) is 10.6. The highest BCUT2D eigenvalue weighted by molar-refractivity contribution is 9.10. The van der Waals surface area contributed by atoms with E-state index in [4.69, 9.17) is 17.0 Å². The van der Waals surface area contributed by atoms with Gasteiger partial charge in [-0.1, -0.05) is 12.1 Å². The Morgan fingerprint density at radius 3 is 2.83 bits per heavy atom. The molecular weight excluding hydrogens is 385 g/mol. The van der Waals surface area contributed by atoms with Crippen LogP contribution in [-0.4, -0.2) is 23.5 Å². The summed E-state index contributed by atoms with van der Waals surface area (Å²) in [7, 11) is 1.45. The molecule has 23 heavy (non-hydrogen) atoms. The summed E-state index contributed by atoms with van der Waals surface area (Å²) in [6, 6.07) is 9.45. The molecule has 0 aliphatic heterocycles. The van der Waals surface area contributed by atoms with Crippen molar-refractivity contribution in [1.29, 1.82) is 0 Å². The molecule has 3 N–H and O–H groups in total. The number of nitrogens with zero attached hydrogens (tertiary/aromatic N) is 1. The van der Waals surface area contributed by atoms with Gasteiger partial charge in [-0.2, -0.15) is 5.10 Å². The molecule has 0 saturated heterocycles. The van der Waals surface area contributed by atoms with E-state index < -0.39 is 5.82 Å². The zero-order chi connectivity index (χ0) is 16.8. The van der Waals surface area contributed by atoms with Crippen molar-refractivity contribution in [3.63, 3.8) is 0 Å². The number of methoxy groups -OCH3 is 1. The highest BCUT2D eigenvalue weighted by Gasteiger charge is 2.07. The van der Waals surface area contributed by atoms with Gasteiger partial charge in [-0.3, -0.25) is 5.43 Å². The molecule has 0 atom stereocenters. The van der Waals surface area contributed by atoms with Gasteiger partial charge in [0.2, 0.25) is 0 Å².